The minimum Gasteiger partial charge on any atom is -0.374 e. The van der Waals surface area contributed by atoms with Crippen molar-refractivity contribution in [2.75, 3.05) is 26.4 Å². The molecule has 2 aliphatic heterocycles. The smallest absolute Gasteiger partial charge is 0.374 e. The normalized spacial score (nSPS) is 16.7. The molecule has 11 nitrogen and oxygen atoms in total. The highest BCUT2D eigenvalue weighted by atomic mass is 28.4. The molecule has 0 unspecified atom stereocenters. The first-order valence-corrected chi connectivity index (χ1v) is 9.60. The van der Waals surface area contributed by atoms with Crippen LogP contribution >= 0.6 is 0 Å². The summed E-state index contributed by atoms with van der Waals surface area (Å²) in [7, 11) is -2.62. The monoisotopic (exact) mass is 342 g/mol. The highest BCUT2D eigenvalue weighted by molar-refractivity contribution is 6.60. The van der Waals surface area contributed by atoms with Gasteiger partial charge in [-0.1, -0.05) is 0 Å². The average Bonchev–Trinajstić information content (AvgIpc) is 3.19. The first kappa shape index (κ1) is 17.6. The molecule has 2 rings (SSSR count). The number of hydrogen-bond donors (Lipinski definition) is 1. The third-order valence-electron chi connectivity index (χ3n) is 2.96. The van der Waals surface area contributed by atoms with E-state index in [1.54, 1.807) is 5.12 Å². The number of hydrazine groups is 1. The highest BCUT2D eigenvalue weighted by Crippen LogP contribution is 2.21. The molecule has 2 aliphatic rings. The number of nitrogens with one attached hydrogen (secondary N) is 1. The van der Waals surface area contributed by atoms with Crippen LogP contribution in [-0.2, 0) is 13.3 Å². The van der Waals surface area contributed by atoms with Gasteiger partial charge < -0.3 is 13.3 Å². The molecular weight excluding hydrogens is 320 g/mol. The fraction of sp³-hybridized carbons (Fsp3) is 0.818. The predicted octanol–water partition coefficient (Wildman–Crippen LogP) is 2.57. The summed E-state index contributed by atoms with van der Waals surface area (Å²) in [6.07, 6.45) is 0.782. The van der Waals surface area contributed by atoms with Crippen molar-refractivity contribution in [2.24, 2.45) is 31.0 Å². The summed E-state index contributed by atoms with van der Waals surface area (Å²) in [4.78, 5) is 0. The van der Waals surface area contributed by atoms with Gasteiger partial charge in [0.05, 0.1) is 6.54 Å². The lowest BCUT2D eigenvalue weighted by molar-refractivity contribution is 0.0696. The molecule has 12 heteroatoms. The quantitative estimate of drug-likeness (QED) is 0.612. The second-order valence-electron chi connectivity index (χ2n) is 4.56. The van der Waals surface area contributed by atoms with Crippen LogP contribution in [0.2, 0.25) is 6.04 Å². The topological polar surface area (TPSA) is 117 Å². The Morgan fingerprint density at radius 3 is 2.13 bits per heavy atom. The lowest BCUT2D eigenvalue weighted by Crippen LogP contribution is -2.46. The van der Waals surface area contributed by atoms with E-state index in [0.717, 1.165) is 6.42 Å². The fourth-order valence-electron chi connectivity index (χ4n) is 2.15. The van der Waals surface area contributed by atoms with Gasteiger partial charge in [0.2, 0.25) is 11.6 Å². The first-order chi connectivity index (χ1) is 11.2. The zero-order chi connectivity index (χ0) is 16.5. The van der Waals surface area contributed by atoms with Crippen LogP contribution in [-0.4, -0.2) is 40.3 Å². The minimum atomic E-state index is -2.62. The molecule has 0 atom stereocenters. The lowest BCUT2D eigenvalue weighted by Gasteiger charge is -2.28. The summed E-state index contributed by atoms with van der Waals surface area (Å²) in [6.45, 7) is 8.16. The fourth-order valence-corrected chi connectivity index (χ4v) is 4.74. The Kier molecular flexibility index (Phi) is 6.70. The van der Waals surface area contributed by atoms with Gasteiger partial charge >= 0.3 is 8.80 Å². The van der Waals surface area contributed by atoms with Crippen molar-refractivity contribution in [3.05, 3.63) is 11.6 Å². The molecule has 0 amide bonds. The van der Waals surface area contributed by atoms with Gasteiger partial charge in [-0.3, -0.25) is 5.43 Å². The predicted molar refractivity (Wildman–Crippen MR) is 81.5 cm³/mol. The van der Waals surface area contributed by atoms with Gasteiger partial charge in [0.15, 0.2) is 0 Å². The van der Waals surface area contributed by atoms with Crippen molar-refractivity contribution < 1.29 is 13.3 Å². The van der Waals surface area contributed by atoms with E-state index >= 15 is 0 Å². The molecule has 0 aromatic carbocycles. The highest BCUT2D eigenvalue weighted by Gasteiger charge is 2.39. The van der Waals surface area contributed by atoms with Gasteiger partial charge in [-0.05, 0) is 42.9 Å². The molecule has 0 saturated carbocycles. The molecule has 0 aliphatic carbocycles. The Morgan fingerprint density at radius 1 is 0.957 bits per heavy atom. The van der Waals surface area contributed by atoms with Crippen LogP contribution in [0.1, 0.15) is 27.2 Å². The summed E-state index contributed by atoms with van der Waals surface area (Å²) in [5.74, 6) is 0.746. The van der Waals surface area contributed by atoms with Crippen LogP contribution in [0.15, 0.2) is 42.7 Å². The van der Waals surface area contributed by atoms with E-state index < -0.39 is 8.80 Å². The van der Waals surface area contributed by atoms with Crippen molar-refractivity contribution in [3.63, 3.8) is 0 Å². The summed E-state index contributed by atoms with van der Waals surface area (Å²) in [6, 6.07) is 0.710. The van der Waals surface area contributed by atoms with E-state index in [2.05, 4.69) is 36.4 Å². The zero-order valence-electron chi connectivity index (χ0n) is 13.6. The van der Waals surface area contributed by atoms with Crippen LogP contribution in [0.4, 0.5) is 0 Å². The Labute approximate surface area is 135 Å². The second kappa shape index (κ2) is 8.76. The van der Waals surface area contributed by atoms with Crippen LogP contribution in [0.3, 0.4) is 0 Å². The summed E-state index contributed by atoms with van der Waals surface area (Å²) < 4.78 is 17.4. The minimum absolute atomic E-state index is 0.318. The van der Waals surface area contributed by atoms with Gasteiger partial charge in [0.1, 0.15) is 0 Å². The maximum atomic E-state index is 5.81. The third kappa shape index (κ3) is 4.85. The van der Waals surface area contributed by atoms with Crippen LogP contribution in [0.25, 0.3) is 0 Å². The first-order valence-electron chi connectivity index (χ1n) is 7.66. The van der Waals surface area contributed by atoms with Crippen LogP contribution < -0.4 is 5.43 Å². The molecule has 0 fully saturated rings. The molecule has 0 spiro atoms. The van der Waals surface area contributed by atoms with Crippen molar-refractivity contribution in [3.8, 4) is 0 Å². The molecule has 0 aromatic rings. The Bertz CT molecular complexity index is 478. The molecular formula is C11H22N8O3Si. The summed E-state index contributed by atoms with van der Waals surface area (Å²) >= 11 is 0. The SMILES string of the molecule is CCO[Si](CCCN1N=NC(=C2N=NN=N2)N1)(OCC)OCC. The molecule has 0 radical (unpaired) electrons. The second-order valence-corrected chi connectivity index (χ2v) is 7.29. The Balaban J connectivity index is 1.83. The van der Waals surface area contributed by atoms with Crippen molar-refractivity contribution in [1.29, 1.82) is 0 Å². The van der Waals surface area contributed by atoms with Crippen LogP contribution in [0.5, 0.6) is 0 Å². The van der Waals surface area contributed by atoms with Gasteiger partial charge in [-0.2, -0.15) is 5.12 Å². The molecule has 1 N–H and O–H groups in total. The molecule has 128 valence electrons. The van der Waals surface area contributed by atoms with Gasteiger partial charge in [0.25, 0.3) is 0 Å². The van der Waals surface area contributed by atoms with Gasteiger partial charge in [-0.25, -0.2) is 0 Å². The molecule has 0 saturated heterocycles. The molecule has 2 heterocycles. The number of nitrogens with zero attached hydrogens (tertiary/aromatic N) is 7. The maximum Gasteiger partial charge on any atom is 0.500 e. The molecule has 0 aromatic heterocycles. The zero-order valence-corrected chi connectivity index (χ0v) is 14.6. The Morgan fingerprint density at radius 2 is 1.57 bits per heavy atom. The maximum absolute atomic E-state index is 5.81. The van der Waals surface area contributed by atoms with E-state index in [9.17, 15) is 0 Å². The third-order valence-corrected chi connectivity index (χ3v) is 6.12. The van der Waals surface area contributed by atoms with Crippen molar-refractivity contribution in [1.82, 2.24) is 10.5 Å². The number of rotatable bonds is 10. The van der Waals surface area contributed by atoms with Gasteiger partial charge in [0, 0.05) is 25.9 Å². The van der Waals surface area contributed by atoms with E-state index in [0.29, 0.717) is 44.1 Å². The Hall–Kier alpha value is -1.76. The largest absolute Gasteiger partial charge is 0.500 e. The van der Waals surface area contributed by atoms with E-state index in [1.165, 1.54) is 0 Å². The van der Waals surface area contributed by atoms with Crippen LogP contribution in [0, 0.1) is 0 Å². The van der Waals surface area contributed by atoms with E-state index in [-0.39, 0.29) is 0 Å². The summed E-state index contributed by atoms with van der Waals surface area (Å²) in [5, 5.41) is 23.8. The van der Waals surface area contributed by atoms with Crippen molar-refractivity contribution in [2.45, 2.75) is 33.2 Å². The van der Waals surface area contributed by atoms with Crippen molar-refractivity contribution >= 4 is 8.80 Å². The lowest BCUT2D eigenvalue weighted by atomic mass is 10.5. The summed E-state index contributed by atoms with van der Waals surface area (Å²) in [5.41, 5.74) is 2.98. The molecule has 0 bridgehead atoms. The van der Waals surface area contributed by atoms with E-state index in [4.69, 9.17) is 13.3 Å². The molecule has 23 heavy (non-hydrogen) atoms. The van der Waals surface area contributed by atoms with E-state index in [1.807, 2.05) is 20.8 Å². The average molecular weight is 342 g/mol. The van der Waals surface area contributed by atoms with Gasteiger partial charge in [-0.15, -0.1) is 15.3 Å². The number of hydrogen-bond acceptors (Lipinski definition) is 11. The standard InChI is InChI=1S/C11H22N8O3Si/c1-4-20-23(21-5-2,22-6-3)9-7-8-19-15-11(14-18-19)10-12-16-17-13-10/h15H,4-9H2,1-3H3.